The van der Waals surface area contributed by atoms with Gasteiger partial charge in [-0.3, -0.25) is 9.59 Å². The lowest BCUT2D eigenvalue weighted by molar-refractivity contribution is -0.139. The molecule has 1 aliphatic heterocycles. The molecule has 1 aliphatic rings. The molecule has 1 heterocycles. The van der Waals surface area contributed by atoms with Gasteiger partial charge in [-0.2, -0.15) is 5.10 Å². The van der Waals surface area contributed by atoms with E-state index in [1.165, 1.54) is 0 Å². The van der Waals surface area contributed by atoms with Crippen LogP contribution in [0.1, 0.15) is 34.3 Å². The third-order valence-corrected chi connectivity index (χ3v) is 4.27. The van der Waals surface area contributed by atoms with Gasteiger partial charge in [-0.25, -0.2) is 0 Å². The fourth-order valence-corrected chi connectivity index (χ4v) is 2.92. The largest absolute Gasteiger partial charge is 0.490 e. The zero-order chi connectivity index (χ0) is 19.2. The van der Waals surface area contributed by atoms with Crippen LogP contribution in [0.2, 0.25) is 0 Å². The molecule has 0 saturated carbocycles. The number of nitrogens with one attached hydrogen (secondary N) is 2. The van der Waals surface area contributed by atoms with E-state index < -0.39 is 5.97 Å². The average Bonchev–Trinajstić information content (AvgIpc) is 2.66. The SMILES string of the molecule is CNN=Cc1ccc(C(=O)Nc2ccc3c(c2)CCC(CC(=O)O)O3)cc1. The summed E-state index contributed by atoms with van der Waals surface area (Å²) < 4.78 is 5.72. The molecule has 0 bridgehead atoms. The lowest BCUT2D eigenvalue weighted by Gasteiger charge is -2.25. The lowest BCUT2D eigenvalue weighted by Crippen LogP contribution is -2.25. The Kier molecular flexibility index (Phi) is 5.71. The van der Waals surface area contributed by atoms with Gasteiger partial charge in [-0.15, -0.1) is 0 Å². The first kappa shape index (κ1) is 18.4. The van der Waals surface area contributed by atoms with E-state index in [9.17, 15) is 9.59 Å². The van der Waals surface area contributed by atoms with Gasteiger partial charge in [-0.1, -0.05) is 12.1 Å². The highest BCUT2D eigenvalue weighted by Crippen LogP contribution is 2.31. The molecule has 0 saturated heterocycles. The molecule has 1 amide bonds. The first-order chi connectivity index (χ1) is 13.0. The van der Waals surface area contributed by atoms with Gasteiger partial charge in [-0.05, 0) is 54.3 Å². The van der Waals surface area contributed by atoms with E-state index in [0.29, 0.717) is 23.4 Å². The van der Waals surface area contributed by atoms with Crippen molar-refractivity contribution in [3.05, 3.63) is 59.2 Å². The van der Waals surface area contributed by atoms with Crippen LogP contribution in [0.15, 0.2) is 47.6 Å². The third-order valence-electron chi connectivity index (χ3n) is 4.27. The molecule has 1 atom stereocenters. The number of carbonyl (C=O) groups excluding carboxylic acids is 1. The van der Waals surface area contributed by atoms with E-state index in [1.54, 1.807) is 37.5 Å². The molecule has 2 aromatic rings. The summed E-state index contributed by atoms with van der Waals surface area (Å²) in [5.74, 6) is -0.387. The number of carboxylic acids is 1. The predicted molar refractivity (Wildman–Crippen MR) is 102 cm³/mol. The number of rotatable bonds is 6. The molecule has 0 aliphatic carbocycles. The van der Waals surface area contributed by atoms with Crippen LogP contribution < -0.4 is 15.5 Å². The summed E-state index contributed by atoms with van der Waals surface area (Å²) in [6, 6.07) is 12.5. The Bertz CT molecular complexity index is 862. The number of hydrazone groups is 1. The lowest BCUT2D eigenvalue weighted by atomic mass is 10.00. The summed E-state index contributed by atoms with van der Waals surface area (Å²) in [7, 11) is 1.72. The number of nitrogens with zero attached hydrogens (tertiary/aromatic N) is 1. The number of benzene rings is 2. The first-order valence-corrected chi connectivity index (χ1v) is 8.68. The van der Waals surface area contributed by atoms with Crippen LogP contribution in [-0.4, -0.2) is 36.3 Å². The molecule has 3 rings (SSSR count). The van der Waals surface area contributed by atoms with E-state index in [1.807, 2.05) is 18.2 Å². The van der Waals surface area contributed by atoms with E-state index in [0.717, 1.165) is 17.5 Å². The van der Waals surface area contributed by atoms with Gasteiger partial charge >= 0.3 is 5.97 Å². The van der Waals surface area contributed by atoms with Crippen molar-refractivity contribution in [2.24, 2.45) is 5.10 Å². The molecule has 0 spiro atoms. The Morgan fingerprint density at radius 2 is 2.04 bits per heavy atom. The van der Waals surface area contributed by atoms with Crippen molar-refractivity contribution >= 4 is 23.8 Å². The molecule has 0 radical (unpaired) electrons. The van der Waals surface area contributed by atoms with E-state index in [2.05, 4.69) is 15.8 Å². The van der Waals surface area contributed by atoms with Gasteiger partial charge in [0.05, 0.1) is 12.6 Å². The quantitative estimate of drug-likeness (QED) is 0.538. The third kappa shape index (κ3) is 4.84. The Labute approximate surface area is 157 Å². The molecule has 2 aromatic carbocycles. The van der Waals surface area contributed by atoms with Crippen LogP contribution in [0, 0.1) is 0 Å². The van der Waals surface area contributed by atoms with Crippen molar-refractivity contribution in [1.82, 2.24) is 5.43 Å². The average molecular weight is 367 g/mol. The fourth-order valence-electron chi connectivity index (χ4n) is 2.92. The number of carboxylic acid groups (broad SMARTS) is 1. The molecule has 7 nitrogen and oxygen atoms in total. The van der Waals surface area contributed by atoms with Gasteiger partial charge < -0.3 is 20.6 Å². The summed E-state index contributed by atoms with van der Waals surface area (Å²) >= 11 is 0. The van der Waals surface area contributed by atoms with Crippen LogP contribution in [-0.2, 0) is 11.2 Å². The summed E-state index contributed by atoms with van der Waals surface area (Å²) in [5.41, 5.74) is 5.76. The molecular weight excluding hydrogens is 346 g/mol. The minimum absolute atomic E-state index is 0.00699. The number of amides is 1. The van der Waals surface area contributed by atoms with Gasteiger partial charge in [0.1, 0.15) is 11.9 Å². The van der Waals surface area contributed by atoms with E-state index >= 15 is 0 Å². The fraction of sp³-hybridized carbons (Fsp3) is 0.250. The molecule has 3 N–H and O–H groups in total. The van der Waals surface area contributed by atoms with E-state index in [-0.39, 0.29) is 18.4 Å². The standard InChI is InChI=1S/C20H21N3O4/c1-21-22-12-13-2-4-14(5-3-13)20(26)23-16-7-9-18-15(10-16)6-8-17(27-18)11-19(24)25/h2-5,7,9-10,12,17,21H,6,8,11H2,1H3,(H,23,26)(H,24,25). The Morgan fingerprint density at radius 3 is 2.74 bits per heavy atom. The summed E-state index contributed by atoms with van der Waals surface area (Å²) in [6.45, 7) is 0. The zero-order valence-corrected chi connectivity index (χ0v) is 14.9. The molecule has 0 fully saturated rings. The van der Waals surface area contributed by atoms with Crippen LogP contribution in [0.25, 0.3) is 0 Å². The number of fused-ring (bicyclic) bond motifs is 1. The van der Waals surface area contributed by atoms with Gasteiger partial charge in [0.25, 0.3) is 5.91 Å². The Morgan fingerprint density at radius 1 is 1.26 bits per heavy atom. The number of aryl methyl sites for hydroxylation is 1. The van der Waals surface area contributed by atoms with Gasteiger partial charge in [0.2, 0.25) is 0 Å². The van der Waals surface area contributed by atoms with Gasteiger partial charge in [0, 0.05) is 18.3 Å². The number of aliphatic carboxylic acids is 1. The molecule has 0 aromatic heterocycles. The maximum atomic E-state index is 12.4. The smallest absolute Gasteiger partial charge is 0.307 e. The number of hydrogen-bond acceptors (Lipinski definition) is 5. The van der Waals surface area contributed by atoms with Crippen molar-refractivity contribution in [3.63, 3.8) is 0 Å². The first-order valence-electron chi connectivity index (χ1n) is 8.68. The van der Waals surface area contributed by atoms with E-state index in [4.69, 9.17) is 9.84 Å². The van der Waals surface area contributed by atoms with Crippen molar-refractivity contribution < 1.29 is 19.4 Å². The number of anilines is 1. The Balaban J connectivity index is 1.65. The highest BCUT2D eigenvalue weighted by molar-refractivity contribution is 6.04. The molecule has 140 valence electrons. The monoisotopic (exact) mass is 367 g/mol. The molecular formula is C20H21N3O4. The second-order valence-corrected chi connectivity index (χ2v) is 6.26. The molecule has 7 heteroatoms. The van der Waals surface area contributed by atoms with Crippen LogP contribution in [0.3, 0.4) is 0 Å². The number of carbonyl (C=O) groups is 2. The zero-order valence-electron chi connectivity index (χ0n) is 14.9. The molecule has 27 heavy (non-hydrogen) atoms. The molecule has 1 unspecified atom stereocenters. The normalized spacial score (nSPS) is 15.7. The van der Waals surface area contributed by atoms with Crippen LogP contribution >= 0.6 is 0 Å². The van der Waals surface area contributed by atoms with Crippen LogP contribution in [0.5, 0.6) is 5.75 Å². The van der Waals surface area contributed by atoms with Crippen molar-refractivity contribution in [3.8, 4) is 5.75 Å². The highest BCUT2D eigenvalue weighted by atomic mass is 16.5. The summed E-state index contributed by atoms with van der Waals surface area (Å²) in [5, 5.41) is 15.7. The predicted octanol–water partition coefficient (Wildman–Crippen LogP) is 2.66. The highest BCUT2D eigenvalue weighted by Gasteiger charge is 2.22. The Hall–Kier alpha value is -3.35. The minimum atomic E-state index is -0.865. The van der Waals surface area contributed by atoms with Crippen molar-refractivity contribution in [1.29, 1.82) is 0 Å². The number of ether oxygens (including phenoxy) is 1. The van der Waals surface area contributed by atoms with Gasteiger partial charge in [0.15, 0.2) is 0 Å². The van der Waals surface area contributed by atoms with Crippen molar-refractivity contribution in [2.75, 3.05) is 12.4 Å². The van der Waals surface area contributed by atoms with Crippen molar-refractivity contribution in [2.45, 2.75) is 25.4 Å². The van der Waals surface area contributed by atoms with Crippen LogP contribution in [0.4, 0.5) is 5.69 Å². The number of hydrogen-bond donors (Lipinski definition) is 3. The second kappa shape index (κ2) is 8.35. The maximum absolute atomic E-state index is 12.4. The summed E-state index contributed by atoms with van der Waals surface area (Å²) in [6.07, 6.45) is 2.72. The topological polar surface area (TPSA) is 100 Å². The second-order valence-electron chi connectivity index (χ2n) is 6.26. The minimum Gasteiger partial charge on any atom is -0.490 e. The maximum Gasteiger partial charge on any atom is 0.307 e. The summed E-state index contributed by atoms with van der Waals surface area (Å²) in [4.78, 5) is 23.3.